The second-order valence-electron chi connectivity index (χ2n) is 8.67. The third-order valence-corrected chi connectivity index (χ3v) is 6.26. The number of nitrogens with two attached hydrogens (primary N) is 1. The Morgan fingerprint density at radius 1 is 1.03 bits per heavy atom. The first-order valence-corrected chi connectivity index (χ1v) is 11.9. The molecule has 1 heterocycles. The first-order valence-electron chi connectivity index (χ1n) is 11.0. The highest BCUT2D eigenvalue weighted by molar-refractivity contribution is 6.32. The predicted octanol–water partition coefficient (Wildman–Crippen LogP) is 1.52. The van der Waals surface area contributed by atoms with Crippen LogP contribution in [0.5, 0.6) is 11.5 Å². The molecule has 0 saturated carbocycles. The van der Waals surface area contributed by atoms with Crippen LogP contribution in [0.25, 0.3) is 0 Å². The van der Waals surface area contributed by atoms with Gasteiger partial charge in [-0.2, -0.15) is 0 Å². The minimum absolute atomic E-state index is 0.0540. The lowest BCUT2D eigenvalue weighted by Gasteiger charge is -2.27. The summed E-state index contributed by atoms with van der Waals surface area (Å²) < 4.78 is 11.3. The number of aliphatic hydroxyl groups excluding tert-OH is 3. The predicted molar refractivity (Wildman–Crippen MR) is 131 cm³/mol. The van der Waals surface area contributed by atoms with Crippen molar-refractivity contribution in [2.24, 2.45) is 0 Å². The van der Waals surface area contributed by atoms with Crippen molar-refractivity contribution in [3.63, 3.8) is 0 Å². The van der Waals surface area contributed by atoms with E-state index < -0.39 is 12.2 Å². The van der Waals surface area contributed by atoms with Gasteiger partial charge < -0.3 is 24.8 Å². The Hall–Kier alpha value is -2.04. The molecule has 0 fully saturated rings. The lowest BCUT2D eigenvalue weighted by Crippen LogP contribution is -2.91. The highest BCUT2D eigenvalue weighted by atomic mass is 35.5. The van der Waals surface area contributed by atoms with Gasteiger partial charge >= 0.3 is 0 Å². The molecule has 0 spiro atoms. The Morgan fingerprint density at radius 3 is 2.32 bits per heavy atom. The first-order chi connectivity index (χ1) is 16.2. The number of benzene rings is 2. The Balaban J connectivity index is 1.57. The molecule has 10 heteroatoms. The van der Waals surface area contributed by atoms with Gasteiger partial charge in [-0.05, 0) is 35.4 Å². The first kappa shape index (κ1) is 26.6. The molecule has 0 saturated heterocycles. The largest absolute Gasteiger partial charge is 0.491 e. The summed E-state index contributed by atoms with van der Waals surface area (Å²) in [6, 6.07) is 13.4. The molecule has 186 valence electrons. The molecule has 6 N–H and O–H groups in total. The van der Waals surface area contributed by atoms with Crippen LogP contribution in [0.15, 0.2) is 54.4 Å². The van der Waals surface area contributed by atoms with Crippen LogP contribution in [0.1, 0.15) is 25.0 Å². The fraction of sp³-hybridized carbons (Fsp3) is 0.417. The van der Waals surface area contributed by atoms with E-state index in [1.165, 1.54) is 0 Å². The maximum absolute atomic E-state index is 10.2. The molecule has 0 aliphatic carbocycles. The maximum Gasteiger partial charge on any atom is 0.170 e. The van der Waals surface area contributed by atoms with E-state index >= 15 is 0 Å². The van der Waals surface area contributed by atoms with Crippen molar-refractivity contribution in [3.05, 3.63) is 70.5 Å². The molecule has 0 radical (unpaired) electrons. The number of nitrogens with one attached hydrogen (secondary N) is 1. The summed E-state index contributed by atoms with van der Waals surface area (Å²) >= 11 is 12.0. The summed E-state index contributed by atoms with van der Waals surface area (Å²) in [7, 11) is 0. The van der Waals surface area contributed by atoms with E-state index in [0.717, 1.165) is 16.8 Å². The highest BCUT2D eigenvalue weighted by Crippen LogP contribution is 2.36. The SMILES string of the molecule is CC(C)(c1ccc(OC[C@@H](O)CN2C=C(CO)[NH2+]N2)cc1)c1ccc(OC[C@@H](O)CCl)c(Cl)c1. The van der Waals surface area contributed by atoms with Gasteiger partial charge in [0.25, 0.3) is 0 Å². The van der Waals surface area contributed by atoms with Crippen LogP contribution in [-0.2, 0) is 5.41 Å². The van der Waals surface area contributed by atoms with Crippen LogP contribution in [0.4, 0.5) is 0 Å². The van der Waals surface area contributed by atoms with Crippen molar-refractivity contribution < 1.29 is 30.2 Å². The third-order valence-electron chi connectivity index (χ3n) is 5.61. The van der Waals surface area contributed by atoms with Gasteiger partial charge in [0.1, 0.15) is 43.5 Å². The van der Waals surface area contributed by atoms with Crippen LogP contribution in [0.3, 0.4) is 0 Å². The number of hydrazine groups is 1. The van der Waals surface area contributed by atoms with Crippen molar-refractivity contribution in [2.45, 2.75) is 31.5 Å². The number of halogens is 2. The van der Waals surface area contributed by atoms with Gasteiger partial charge in [0.05, 0.1) is 23.6 Å². The molecule has 0 bridgehead atoms. The zero-order valence-electron chi connectivity index (χ0n) is 19.2. The Kier molecular flexibility index (Phi) is 9.44. The van der Waals surface area contributed by atoms with Crippen LogP contribution < -0.4 is 20.4 Å². The highest BCUT2D eigenvalue weighted by Gasteiger charge is 2.24. The summed E-state index contributed by atoms with van der Waals surface area (Å²) in [4.78, 5) is 0. The van der Waals surface area contributed by atoms with Crippen molar-refractivity contribution in [3.8, 4) is 11.5 Å². The number of nitrogens with zero attached hydrogens (tertiary/aromatic N) is 1. The second-order valence-corrected chi connectivity index (χ2v) is 9.38. The zero-order chi connectivity index (χ0) is 24.7. The van der Waals surface area contributed by atoms with Crippen LogP contribution in [-0.4, -0.2) is 64.8 Å². The maximum atomic E-state index is 10.2. The van der Waals surface area contributed by atoms with Crippen molar-refractivity contribution in [1.29, 1.82) is 0 Å². The zero-order valence-corrected chi connectivity index (χ0v) is 20.8. The molecule has 2 atom stereocenters. The lowest BCUT2D eigenvalue weighted by atomic mass is 9.78. The molecule has 34 heavy (non-hydrogen) atoms. The van der Waals surface area contributed by atoms with E-state index in [9.17, 15) is 10.2 Å². The molecule has 1 aliphatic rings. The molecule has 8 nitrogen and oxygen atoms in total. The van der Waals surface area contributed by atoms with Crippen LogP contribution in [0.2, 0.25) is 5.02 Å². The van der Waals surface area contributed by atoms with Gasteiger partial charge in [-0.25, -0.2) is 5.43 Å². The number of ether oxygens (including phenoxy) is 2. The molecule has 0 amide bonds. The Morgan fingerprint density at radius 2 is 1.71 bits per heavy atom. The fourth-order valence-electron chi connectivity index (χ4n) is 3.48. The van der Waals surface area contributed by atoms with Gasteiger partial charge in [0.15, 0.2) is 5.70 Å². The number of quaternary nitrogens is 1. The third kappa shape index (κ3) is 6.99. The van der Waals surface area contributed by atoms with E-state index in [-0.39, 0.29) is 31.1 Å². The van der Waals surface area contributed by atoms with Crippen molar-refractivity contribution in [2.75, 3.05) is 32.2 Å². The van der Waals surface area contributed by atoms with Gasteiger partial charge in [-0.15, -0.1) is 11.6 Å². The Labute approximate surface area is 209 Å². The summed E-state index contributed by atoms with van der Waals surface area (Å²) in [6.45, 7) is 4.70. The fourth-order valence-corrected chi connectivity index (χ4v) is 3.80. The van der Waals surface area contributed by atoms with E-state index in [4.69, 9.17) is 37.8 Å². The number of alkyl halides is 1. The molecule has 3 rings (SSSR count). The summed E-state index contributed by atoms with van der Waals surface area (Å²) in [6.07, 6.45) is 0.288. The standard InChI is InChI=1S/C24H31Cl2N3O5/c1-24(2,17-5-8-23(22(26)9-17)34-14-19(31)10-25)16-3-6-21(7-4-16)33-15-20(32)12-29-11-18(13-30)27-28-29/h3-9,11,19-20,27-28,30-32H,10,12-15H2,1-2H3/p+1/t19-,20-/m0/s1. The molecule has 1 aliphatic heterocycles. The average Bonchev–Trinajstić information content (AvgIpc) is 3.29. The number of hydrogen-bond acceptors (Lipinski definition) is 7. The van der Waals surface area contributed by atoms with Gasteiger partial charge in [-0.1, -0.05) is 49.2 Å². The van der Waals surface area contributed by atoms with Crippen molar-refractivity contribution >= 4 is 23.2 Å². The summed E-state index contributed by atoms with van der Waals surface area (Å²) in [5, 5.41) is 31.1. The lowest BCUT2D eigenvalue weighted by molar-refractivity contribution is -0.678. The topological polar surface area (TPSA) is 111 Å². The van der Waals surface area contributed by atoms with Crippen molar-refractivity contribution in [1.82, 2.24) is 10.5 Å². The Bertz CT molecular complexity index is 972. The molecule has 0 aromatic heterocycles. The minimum Gasteiger partial charge on any atom is -0.491 e. The van der Waals surface area contributed by atoms with Gasteiger partial charge in [0.2, 0.25) is 0 Å². The number of rotatable bonds is 12. The quantitative estimate of drug-likeness (QED) is 0.216. The molecule has 2 aromatic rings. The van der Waals surface area contributed by atoms with Crippen LogP contribution in [0, 0.1) is 0 Å². The summed E-state index contributed by atoms with van der Waals surface area (Å²) in [5.74, 6) is 1.25. The average molecular weight is 513 g/mol. The van der Waals surface area contributed by atoms with Gasteiger partial charge in [0, 0.05) is 5.41 Å². The summed E-state index contributed by atoms with van der Waals surface area (Å²) in [5.41, 5.74) is 7.15. The van der Waals surface area contributed by atoms with Gasteiger partial charge in [-0.3, -0.25) is 5.01 Å². The molecule has 0 unspecified atom stereocenters. The van der Waals surface area contributed by atoms with E-state index in [1.807, 2.05) is 36.4 Å². The minimum atomic E-state index is -0.748. The molecular formula is C24H32Cl2N3O5+. The monoisotopic (exact) mass is 512 g/mol. The second kappa shape index (κ2) is 12.1. The van der Waals surface area contributed by atoms with Crippen LogP contribution >= 0.6 is 23.2 Å². The number of aliphatic hydroxyl groups is 3. The molecular weight excluding hydrogens is 481 g/mol. The van der Waals surface area contributed by atoms with E-state index in [2.05, 4.69) is 19.4 Å². The smallest absolute Gasteiger partial charge is 0.170 e. The van der Waals surface area contributed by atoms with E-state index in [1.54, 1.807) is 22.7 Å². The van der Waals surface area contributed by atoms with E-state index in [0.29, 0.717) is 23.1 Å². The normalized spacial score (nSPS) is 15.7. The molecule has 2 aromatic carbocycles. The number of hydrogen-bond donors (Lipinski definition) is 5. The number of β-amino-alcohol motifs (C(OH)–C–C–N with tert-alkyl or cyclic N) is 1.